The fraction of sp³-hybridized carbons (Fsp3) is 0.0625. The molecule has 0 fully saturated rings. The fourth-order valence-electron chi connectivity index (χ4n) is 1.71. The Hall–Kier alpha value is -2.82. The largest absolute Gasteiger partial charge is 0.504 e. The van der Waals surface area contributed by atoms with Gasteiger partial charge in [0.25, 0.3) is 0 Å². The molecule has 2 aromatic carbocycles. The average Bonchev–Trinajstić information content (AvgIpc) is 2.46. The van der Waals surface area contributed by atoms with Crippen LogP contribution in [0.1, 0.15) is 11.1 Å². The van der Waals surface area contributed by atoms with Crippen LogP contribution in [0.2, 0.25) is 0 Å². The highest BCUT2D eigenvalue weighted by Gasteiger charge is 2.00. The first-order valence-electron chi connectivity index (χ1n) is 6.27. The first-order chi connectivity index (χ1) is 10.0. The summed E-state index contributed by atoms with van der Waals surface area (Å²) in [4.78, 5) is 11.6. The van der Waals surface area contributed by atoms with E-state index in [9.17, 15) is 14.3 Å². The maximum atomic E-state index is 13.0. The summed E-state index contributed by atoms with van der Waals surface area (Å²) < 4.78 is 13.0. The molecule has 0 unspecified atom stereocenters. The summed E-state index contributed by atoms with van der Waals surface area (Å²) >= 11 is 0. The molecular weight excluding hydrogens is 273 g/mol. The molecule has 2 aromatic rings. The lowest BCUT2D eigenvalue weighted by atomic mass is 10.2. The number of phenols is 2. The van der Waals surface area contributed by atoms with E-state index in [1.807, 2.05) is 0 Å². The molecule has 0 spiro atoms. The summed E-state index contributed by atoms with van der Waals surface area (Å²) in [7, 11) is 0. The van der Waals surface area contributed by atoms with Gasteiger partial charge in [-0.25, -0.2) is 4.39 Å². The molecule has 0 heterocycles. The minimum absolute atomic E-state index is 0.220. The van der Waals surface area contributed by atoms with E-state index < -0.39 is 0 Å². The zero-order chi connectivity index (χ0) is 15.2. The number of benzene rings is 2. The Balaban J connectivity index is 1.92. The van der Waals surface area contributed by atoms with E-state index in [1.54, 1.807) is 18.2 Å². The summed E-state index contributed by atoms with van der Waals surface area (Å²) in [5.41, 5.74) is 1.24. The Bertz CT molecular complexity index is 683. The highest BCUT2D eigenvalue weighted by Crippen LogP contribution is 2.25. The van der Waals surface area contributed by atoms with Gasteiger partial charge in [0, 0.05) is 12.6 Å². The summed E-state index contributed by atoms with van der Waals surface area (Å²) in [6.45, 7) is 0.224. The van der Waals surface area contributed by atoms with E-state index in [4.69, 9.17) is 5.11 Å². The van der Waals surface area contributed by atoms with Gasteiger partial charge in [0.2, 0.25) is 5.91 Å². The number of hydrogen-bond acceptors (Lipinski definition) is 3. The maximum Gasteiger partial charge on any atom is 0.244 e. The van der Waals surface area contributed by atoms with E-state index in [0.29, 0.717) is 11.1 Å². The summed E-state index contributed by atoms with van der Waals surface area (Å²) in [5.74, 6) is -1.16. The second-order valence-electron chi connectivity index (χ2n) is 4.43. The molecule has 0 aliphatic rings. The quantitative estimate of drug-likeness (QED) is 0.598. The van der Waals surface area contributed by atoms with E-state index >= 15 is 0 Å². The van der Waals surface area contributed by atoms with Gasteiger partial charge in [-0.15, -0.1) is 0 Å². The molecule has 0 saturated heterocycles. The van der Waals surface area contributed by atoms with Gasteiger partial charge in [-0.1, -0.05) is 18.2 Å². The molecule has 2 rings (SSSR count). The van der Waals surface area contributed by atoms with Gasteiger partial charge in [0.15, 0.2) is 11.5 Å². The van der Waals surface area contributed by atoms with Crippen molar-refractivity contribution in [1.82, 2.24) is 5.32 Å². The Morgan fingerprint density at radius 2 is 1.95 bits per heavy atom. The average molecular weight is 287 g/mol. The Morgan fingerprint density at radius 3 is 2.67 bits per heavy atom. The van der Waals surface area contributed by atoms with Crippen molar-refractivity contribution in [3.8, 4) is 11.5 Å². The minimum Gasteiger partial charge on any atom is -0.504 e. The molecule has 0 radical (unpaired) electrons. The Morgan fingerprint density at radius 1 is 1.14 bits per heavy atom. The number of carbonyl (C=O) groups excluding carboxylic acids is 1. The molecule has 3 N–H and O–H groups in total. The van der Waals surface area contributed by atoms with Crippen LogP contribution >= 0.6 is 0 Å². The van der Waals surface area contributed by atoms with E-state index in [-0.39, 0.29) is 29.8 Å². The van der Waals surface area contributed by atoms with Crippen molar-refractivity contribution in [1.29, 1.82) is 0 Å². The molecule has 0 saturated carbocycles. The highest BCUT2D eigenvalue weighted by atomic mass is 19.1. The van der Waals surface area contributed by atoms with Crippen LogP contribution in [0.3, 0.4) is 0 Å². The van der Waals surface area contributed by atoms with Gasteiger partial charge in [0.1, 0.15) is 5.82 Å². The van der Waals surface area contributed by atoms with E-state index in [2.05, 4.69) is 5.32 Å². The molecule has 0 aliphatic carbocycles. The second kappa shape index (κ2) is 6.56. The smallest absolute Gasteiger partial charge is 0.244 e. The van der Waals surface area contributed by atoms with Crippen LogP contribution in [-0.4, -0.2) is 16.1 Å². The van der Waals surface area contributed by atoms with Crippen LogP contribution in [0.5, 0.6) is 11.5 Å². The van der Waals surface area contributed by atoms with Gasteiger partial charge in [-0.2, -0.15) is 0 Å². The Kier molecular flexibility index (Phi) is 4.56. The van der Waals surface area contributed by atoms with Crippen molar-refractivity contribution in [2.24, 2.45) is 0 Å². The zero-order valence-corrected chi connectivity index (χ0v) is 11.1. The van der Waals surface area contributed by atoms with E-state index in [1.165, 1.54) is 36.4 Å². The van der Waals surface area contributed by atoms with Gasteiger partial charge < -0.3 is 15.5 Å². The monoisotopic (exact) mass is 287 g/mol. The third-order valence-electron chi connectivity index (χ3n) is 2.78. The van der Waals surface area contributed by atoms with Crippen LogP contribution < -0.4 is 5.32 Å². The van der Waals surface area contributed by atoms with Crippen LogP contribution in [0, 0.1) is 5.82 Å². The summed E-state index contributed by atoms with van der Waals surface area (Å²) in [5, 5.41) is 21.1. The van der Waals surface area contributed by atoms with Crippen molar-refractivity contribution < 1.29 is 19.4 Å². The number of halogens is 1. The molecule has 0 aromatic heterocycles. The number of hydrogen-bond donors (Lipinski definition) is 3. The third-order valence-corrected chi connectivity index (χ3v) is 2.78. The summed E-state index contributed by atoms with van der Waals surface area (Å²) in [6, 6.07) is 10.2. The molecule has 0 bridgehead atoms. The number of amides is 1. The molecule has 0 aliphatic heterocycles. The van der Waals surface area contributed by atoms with Gasteiger partial charge in [-0.3, -0.25) is 4.79 Å². The Labute approximate surface area is 121 Å². The van der Waals surface area contributed by atoms with Gasteiger partial charge in [0.05, 0.1) is 0 Å². The standard InChI is InChI=1S/C16H14FNO3/c17-13-3-1-2-12(8-13)10-18-16(21)7-5-11-4-6-14(19)15(20)9-11/h1-9,19-20H,10H2,(H,18,21). The van der Waals surface area contributed by atoms with E-state index in [0.717, 1.165) is 0 Å². The number of phenolic OH excluding ortho intramolecular Hbond substituents is 2. The van der Waals surface area contributed by atoms with Crippen molar-refractivity contribution in [3.63, 3.8) is 0 Å². The van der Waals surface area contributed by atoms with Crippen LogP contribution in [0.25, 0.3) is 6.08 Å². The van der Waals surface area contributed by atoms with Crippen LogP contribution in [-0.2, 0) is 11.3 Å². The van der Waals surface area contributed by atoms with Crippen molar-refractivity contribution in [2.45, 2.75) is 6.54 Å². The molecule has 108 valence electrons. The molecule has 4 nitrogen and oxygen atoms in total. The molecule has 0 atom stereocenters. The lowest BCUT2D eigenvalue weighted by molar-refractivity contribution is -0.116. The predicted octanol–water partition coefficient (Wildman–Crippen LogP) is 2.57. The van der Waals surface area contributed by atoms with Crippen LogP contribution in [0.15, 0.2) is 48.5 Å². The zero-order valence-electron chi connectivity index (χ0n) is 11.1. The predicted molar refractivity (Wildman–Crippen MR) is 77.1 cm³/mol. The molecule has 1 amide bonds. The SMILES string of the molecule is O=C(C=Cc1ccc(O)c(O)c1)NCc1cccc(F)c1. The first kappa shape index (κ1) is 14.6. The molecule has 21 heavy (non-hydrogen) atoms. The maximum absolute atomic E-state index is 13.0. The van der Waals surface area contributed by atoms with Crippen LogP contribution in [0.4, 0.5) is 4.39 Å². The second-order valence-corrected chi connectivity index (χ2v) is 4.43. The molecule has 5 heteroatoms. The number of carbonyl (C=O) groups is 1. The van der Waals surface area contributed by atoms with Gasteiger partial charge in [-0.05, 0) is 41.5 Å². The lowest BCUT2D eigenvalue weighted by Crippen LogP contribution is -2.20. The lowest BCUT2D eigenvalue weighted by Gasteiger charge is -2.02. The fourth-order valence-corrected chi connectivity index (χ4v) is 1.71. The van der Waals surface area contributed by atoms with Crippen molar-refractivity contribution in [3.05, 3.63) is 65.5 Å². The van der Waals surface area contributed by atoms with Crippen molar-refractivity contribution >= 4 is 12.0 Å². The van der Waals surface area contributed by atoms with Gasteiger partial charge >= 0.3 is 0 Å². The first-order valence-corrected chi connectivity index (χ1v) is 6.27. The minimum atomic E-state index is -0.350. The number of rotatable bonds is 4. The molecular formula is C16H14FNO3. The number of aromatic hydroxyl groups is 2. The highest BCUT2D eigenvalue weighted by molar-refractivity contribution is 5.91. The number of nitrogens with one attached hydrogen (secondary N) is 1. The summed E-state index contributed by atoms with van der Waals surface area (Å²) in [6.07, 6.45) is 2.80. The normalized spacial score (nSPS) is 10.7. The van der Waals surface area contributed by atoms with Crippen molar-refractivity contribution in [2.75, 3.05) is 0 Å². The topological polar surface area (TPSA) is 69.6 Å². The third kappa shape index (κ3) is 4.35.